The van der Waals surface area contributed by atoms with Crippen molar-refractivity contribution in [1.29, 1.82) is 0 Å². The molecule has 0 aliphatic heterocycles. The molecule has 0 bridgehead atoms. The first-order chi connectivity index (χ1) is 7.52. The Bertz CT molecular complexity index is 376. The van der Waals surface area contributed by atoms with Crippen LogP contribution in [0.15, 0.2) is 22.7 Å². The summed E-state index contributed by atoms with van der Waals surface area (Å²) in [7, 11) is 0. The Labute approximate surface area is 104 Å². The Balaban J connectivity index is 2.63. The van der Waals surface area contributed by atoms with Gasteiger partial charge in [0.05, 0.1) is 0 Å². The Morgan fingerprint density at radius 2 is 2.19 bits per heavy atom. The zero-order valence-corrected chi connectivity index (χ0v) is 11.2. The van der Waals surface area contributed by atoms with Gasteiger partial charge in [0.25, 0.3) is 0 Å². The van der Waals surface area contributed by atoms with E-state index in [1.165, 1.54) is 12.1 Å². The number of carbonyl (C=O) groups excluding carboxylic acids is 1. The number of carbonyl (C=O) groups is 1. The molecule has 0 aliphatic carbocycles. The van der Waals surface area contributed by atoms with E-state index in [0.717, 1.165) is 12.0 Å². The molecule has 0 fully saturated rings. The van der Waals surface area contributed by atoms with Crippen LogP contribution in [0, 0.1) is 11.7 Å². The van der Waals surface area contributed by atoms with Crippen molar-refractivity contribution in [2.45, 2.75) is 33.1 Å². The molecule has 1 atom stereocenters. The quantitative estimate of drug-likeness (QED) is 0.795. The van der Waals surface area contributed by atoms with Crippen molar-refractivity contribution in [3.63, 3.8) is 0 Å². The summed E-state index contributed by atoms with van der Waals surface area (Å²) in [4.78, 5) is 11.7. The molecule has 0 heterocycles. The topological polar surface area (TPSA) is 17.1 Å². The van der Waals surface area contributed by atoms with E-state index in [9.17, 15) is 9.18 Å². The summed E-state index contributed by atoms with van der Waals surface area (Å²) in [5.41, 5.74) is 0.856. The van der Waals surface area contributed by atoms with Crippen molar-refractivity contribution in [3.8, 4) is 0 Å². The number of hydrogen-bond donors (Lipinski definition) is 0. The molecule has 3 heteroatoms. The maximum atomic E-state index is 12.8. The Morgan fingerprint density at radius 3 is 2.75 bits per heavy atom. The molecule has 0 spiro atoms. The fraction of sp³-hybridized carbons (Fsp3) is 0.462. The van der Waals surface area contributed by atoms with Crippen LogP contribution in [-0.4, -0.2) is 5.78 Å². The van der Waals surface area contributed by atoms with Crippen LogP contribution in [0.5, 0.6) is 0 Å². The first-order valence-corrected chi connectivity index (χ1v) is 6.27. The molecule has 0 saturated heterocycles. The van der Waals surface area contributed by atoms with Crippen molar-refractivity contribution in [1.82, 2.24) is 0 Å². The fourth-order valence-electron chi connectivity index (χ4n) is 1.48. The van der Waals surface area contributed by atoms with Crippen molar-refractivity contribution in [2.75, 3.05) is 0 Å². The van der Waals surface area contributed by atoms with E-state index in [0.29, 0.717) is 23.2 Å². The minimum absolute atomic E-state index is 0.210. The second-order valence-electron chi connectivity index (χ2n) is 4.17. The van der Waals surface area contributed by atoms with Crippen LogP contribution in [0.3, 0.4) is 0 Å². The molecule has 0 amide bonds. The molecule has 0 saturated carbocycles. The van der Waals surface area contributed by atoms with Crippen molar-refractivity contribution < 1.29 is 9.18 Å². The van der Waals surface area contributed by atoms with Crippen LogP contribution < -0.4 is 0 Å². The number of ketones is 1. The molecule has 0 radical (unpaired) electrons. The molecule has 88 valence electrons. The lowest BCUT2D eigenvalue weighted by Gasteiger charge is -2.08. The molecular formula is C13H16BrFO. The van der Waals surface area contributed by atoms with E-state index < -0.39 is 0 Å². The average Bonchev–Trinajstić information content (AvgIpc) is 2.22. The molecule has 0 aliphatic rings. The van der Waals surface area contributed by atoms with Gasteiger partial charge in [-0.25, -0.2) is 4.39 Å². The first-order valence-electron chi connectivity index (χ1n) is 5.48. The molecule has 1 aromatic carbocycles. The van der Waals surface area contributed by atoms with Gasteiger partial charge in [-0.2, -0.15) is 0 Å². The number of hydrogen-bond acceptors (Lipinski definition) is 1. The van der Waals surface area contributed by atoms with Crippen LogP contribution in [0.25, 0.3) is 0 Å². The SMILES string of the molecule is CCC(C)CC(=O)Cc1ccc(F)cc1Br. The van der Waals surface area contributed by atoms with Crippen LogP contribution in [-0.2, 0) is 11.2 Å². The lowest BCUT2D eigenvalue weighted by atomic mass is 9.98. The predicted octanol–water partition coefficient (Wildman–Crippen LogP) is 4.14. The van der Waals surface area contributed by atoms with E-state index in [-0.39, 0.29) is 11.6 Å². The Hall–Kier alpha value is -0.700. The lowest BCUT2D eigenvalue weighted by molar-refractivity contribution is -0.119. The van der Waals surface area contributed by atoms with Crippen LogP contribution in [0.1, 0.15) is 32.3 Å². The van der Waals surface area contributed by atoms with Gasteiger partial charge in [0.2, 0.25) is 0 Å². The third-order valence-electron chi connectivity index (χ3n) is 2.68. The first kappa shape index (κ1) is 13.4. The van der Waals surface area contributed by atoms with Gasteiger partial charge in [-0.3, -0.25) is 4.79 Å². The highest BCUT2D eigenvalue weighted by Crippen LogP contribution is 2.20. The standard InChI is InChI=1S/C13H16BrFO/c1-3-9(2)6-12(16)7-10-4-5-11(15)8-13(10)14/h4-5,8-9H,3,6-7H2,1-2H3. The summed E-state index contributed by atoms with van der Waals surface area (Å²) in [6.45, 7) is 4.14. The number of halogens is 2. The molecule has 1 unspecified atom stereocenters. The van der Waals surface area contributed by atoms with Gasteiger partial charge in [0.15, 0.2) is 0 Å². The normalized spacial score (nSPS) is 12.5. The molecule has 16 heavy (non-hydrogen) atoms. The smallest absolute Gasteiger partial charge is 0.137 e. The highest BCUT2D eigenvalue weighted by molar-refractivity contribution is 9.10. The van der Waals surface area contributed by atoms with Crippen molar-refractivity contribution >= 4 is 21.7 Å². The summed E-state index contributed by atoms with van der Waals surface area (Å²) < 4.78 is 13.5. The van der Waals surface area contributed by atoms with Crippen molar-refractivity contribution in [3.05, 3.63) is 34.1 Å². The fourth-order valence-corrected chi connectivity index (χ4v) is 1.97. The van der Waals surface area contributed by atoms with Crippen LogP contribution in [0.4, 0.5) is 4.39 Å². The summed E-state index contributed by atoms with van der Waals surface area (Å²) in [6, 6.07) is 4.44. The Morgan fingerprint density at radius 1 is 1.50 bits per heavy atom. The van der Waals surface area contributed by atoms with E-state index in [2.05, 4.69) is 29.8 Å². The summed E-state index contributed by atoms with van der Waals surface area (Å²) in [5, 5.41) is 0. The van der Waals surface area contributed by atoms with Gasteiger partial charge < -0.3 is 0 Å². The highest BCUT2D eigenvalue weighted by Gasteiger charge is 2.10. The summed E-state index contributed by atoms with van der Waals surface area (Å²) in [5.74, 6) is 0.346. The van der Waals surface area contributed by atoms with Gasteiger partial charge in [-0.15, -0.1) is 0 Å². The maximum absolute atomic E-state index is 12.8. The lowest BCUT2D eigenvalue weighted by Crippen LogP contribution is -2.08. The van der Waals surface area contributed by atoms with E-state index in [4.69, 9.17) is 0 Å². The van der Waals surface area contributed by atoms with E-state index in [1.54, 1.807) is 6.07 Å². The average molecular weight is 287 g/mol. The summed E-state index contributed by atoms with van der Waals surface area (Å²) >= 11 is 3.27. The van der Waals surface area contributed by atoms with Gasteiger partial charge in [0.1, 0.15) is 11.6 Å². The van der Waals surface area contributed by atoms with E-state index in [1.807, 2.05) is 0 Å². The third kappa shape index (κ3) is 4.05. The van der Waals surface area contributed by atoms with Crippen LogP contribution in [0.2, 0.25) is 0 Å². The molecule has 0 aromatic heterocycles. The highest BCUT2D eigenvalue weighted by atomic mass is 79.9. The molecule has 1 nitrogen and oxygen atoms in total. The molecule has 0 N–H and O–H groups in total. The van der Waals surface area contributed by atoms with Gasteiger partial charge >= 0.3 is 0 Å². The molecule has 1 rings (SSSR count). The van der Waals surface area contributed by atoms with E-state index >= 15 is 0 Å². The Kier molecular flexibility index (Phi) is 5.13. The number of benzene rings is 1. The molecular weight excluding hydrogens is 271 g/mol. The number of Topliss-reactive ketones (excluding diaryl/α,β-unsaturated/α-hetero) is 1. The zero-order chi connectivity index (χ0) is 12.1. The zero-order valence-electron chi connectivity index (χ0n) is 9.59. The second-order valence-corrected chi connectivity index (χ2v) is 5.02. The van der Waals surface area contributed by atoms with Crippen LogP contribution >= 0.6 is 15.9 Å². The minimum Gasteiger partial charge on any atom is -0.299 e. The monoisotopic (exact) mass is 286 g/mol. The number of rotatable bonds is 5. The van der Waals surface area contributed by atoms with Crippen molar-refractivity contribution in [2.24, 2.45) is 5.92 Å². The van der Waals surface area contributed by atoms with Gasteiger partial charge in [-0.1, -0.05) is 42.3 Å². The second kappa shape index (κ2) is 6.14. The largest absolute Gasteiger partial charge is 0.299 e. The summed E-state index contributed by atoms with van der Waals surface area (Å²) in [6.07, 6.45) is 1.99. The van der Waals surface area contributed by atoms with Gasteiger partial charge in [-0.05, 0) is 23.6 Å². The van der Waals surface area contributed by atoms with Gasteiger partial charge in [0, 0.05) is 17.3 Å². The predicted molar refractivity (Wildman–Crippen MR) is 66.9 cm³/mol. The molecule has 1 aromatic rings. The third-order valence-corrected chi connectivity index (χ3v) is 3.41. The maximum Gasteiger partial charge on any atom is 0.137 e. The minimum atomic E-state index is -0.287.